The first-order valence-electron chi connectivity index (χ1n) is 7.96. The van der Waals surface area contributed by atoms with Gasteiger partial charge in [0.25, 0.3) is 10.2 Å². The first-order chi connectivity index (χ1) is 9.91. The van der Waals surface area contributed by atoms with Crippen molar-refractivity contribution in [3.63, 3.8) is 0 Å². The maximum Gasteiger partial charge on any atom is 0.282 e. The van der Waals surface area contributed by atoms with Gasteiger partial charge in [0.15, 0.2) is 0 Å². The van der Waals surface area contributed by atoms with Crippen LogP contribution in [0.2, 0.25) is 0 Å². The zero-order chi connectivity index (χ0) is 15.9. The van der Waals surface area contributed by atoms with Crippen LogP contribution in [0.25, 0.3) is 0 Å². The first-order valence-corrected chi connectivity index (χ1v) is 9.36. The molecule has 1 fully saturated rings. The van der Waals surface area contributed by atoms with E-state index in [1.165, 1.54) is 0 Å². The van der Waals surface area contributed by atoms with Crippen molar-refractivity contribution in [3.8, 4) is 0 Å². The molecule has 1 rings (SSSR count). The molecule has 1 saturated heterocycles. The fourth-order valence-electron chi connectivity index (χ4n) is 2.70. The summed E-state index contributed by atoms with van der Waals surface area (Å²) in [5.41, 5.74) is 0. The fraction of sp³-hybridized carbons (Fsp3) is 1.00. The third kappa shape index (κ3) is 5.83. The molecule has 126 valence electrons. The molecule has 0 aromatic rings. The van der Waals surface area contributed by atoms with Crippen molar-refractivity contribution in [2.75, 3.05) is 60.4 Å². The van der Waals surface area contributed by atoms with E-state index in [-0.39, 0.29) is 0 Å². The lowest BCUT2D eigenvalue weighted by molar-refractivity contribution is 0.245. The first kappa shape index (κ1) is 18.8. The van der Waals surface area contributed by atoms with E-state index in [4.69, 9.17) is 0 Å². The van der Waals surface area contributed by atoms with Crippen LogP contribution in [0.4, 0.5) is 0 Å². The average Bonchev–Trinajstić information content (AvgIpc) is 2.44. The second-order valence-electron chi connectivity index (χ2n) is 6.11. The van der Waals surface area contributed by atoms with Crippen LogP contribution in [-0.2, 0) is 10.2 Å². The molecule has 1 aliphatic rings. The summed E-state index contributed by atoms with van der Waals surface area (Å²) in [6.45, 7) is 6.24. The summed E-state index contributed by atoms with van der Waals surface area (Å²) in [5.74, 6) is 0.600. The molecule has 0 atom stereocenters. The summed E-state index contributed by atoms with van der Waals surface area (Å²) >= 11 is 0. The highest BCUT2D eigenvalue weighted by atomic mass is 32.2. The Labute approximate surface area is 130 Å². The molecule has 0 unspecified atom stereocenters. The minimum atomic E-state index is -3.30. The third-order valence-electron chi connectivity index (χ3n) is 3.99. The number of rotatable bonds is 9. The molecule has 0 bridgehead atoms. The number of likely N-dealkylation sites (N-methyl/N-ethyl adjacent to an activating group) is 1. The van der Waals surface area contributed by atoms with E-state index in [9.17, 15) is 8.42 Å². The third-order valence-corrected chi connectivity index (χ3v) is 6.02. The fourth-order valence-corrected chi connectivity index (χ4v) is 4.42. The number of hydrogen-bond acceptors (Lipinski definition) is 4. The summed E-state index contributed by atoms with van der Waals surface area (Å²) < 4.78 is 28.9. The molecule has 7 heteroatoms. The lowest BCUT2D eigenvalue weighted by atomic mass is 9.98. The van der Waals surface area contributed by atoms with Gasteiger partial charge in [-0.15, -0.1) is 0 Å². The molecular formula is C14H32N4O2S. The van der Waals surface area contributed by atoms with Gasteiger partial charge in [0, 0.05) is 32.7 Å². The maximum absolute atomic E-state index is 12.8. The van der Waals surface area contributed by atoms with Crippen molar-refractivity contribution < 1.29 is 8.42 Å². The van der Waals surface area contributed by atoms with Crippen molar-refractivity contribution in [2.45, 2.75) is 26.2 Å². The van der Waals surface area contributed by atoms with Crippen LogP contribution < -0.4 is 5.32 Å². The Morgan fingerprint density at radius 3 is 2.24 bits per heavy atom. The van der Waals surface area contributed by atoms with E-state index in [0.717, 1.165) is 32.4 Å². The number of piperidine rings is 1. The van der Waals surface area contributed by atoms with Crippen molar-refractivity contribution in [2.24, 2.45) is 5.92 Å². The predicted octanol–water partition coefficient (Wildman–Crippen LogP) is 0.436. The minimum absolute atomic E-state index is 0.569. The molecule has 0 aliphatic carbocycles. The lowest BCUT2D eigenvalue weighted by Gasteiger charge is -2.35. The van der Waals surface area contributed by atoms with E-state index in [2.05, 4.69) is 5.32 Å². The molecule has 0 amide bonds. The second-order valence-corrected chi connectivity index (χ2v) is 8.04. The van der Waals surface area contributed by atoms with Gasteiger partial charge in [0.2, 0.25) is 0 Å². The smallest absolute Gasteiger partial charge is 0.282 e. The normalized spacial score (nSPS) is 18.8. The van der Waals surface area contributed by atoms with Crippen molar-refractivity contribution >= 4 is 10.2 Å². The van der Waals surface area contributed by atoms with E-state index < -0.39 is 10.2 Å². The summed E-state index contributed by atoms with van der Waals surface area (Å²) in [6.07, 6.45) is 2.75. The largest absolute Gasteiger partial charge is 0.319 e. The van der Waals surface area contributed by atoms with Crippen LogP contribution in [-0.4, -0.2) is 82.3 Å². The summed E-state index contributed by atoms with van der Waals surface area (Å²) in [7, 11) is 2.60. The highest BCUT2D eigenvalue weighted by Crippen LogP contribution is 2.21. The minimum Gasteiger partial charge on any atom is -0.319 e. The van der Waals surface area contributed by atoms with Gasteiger partial charge in [-0.3, -0.25) is 0 Å². The molecule has 1 aliphatic heterocycles. The van der Waals surface area contributed by atoms with Crippen LogP contribution in [0.5, 0.6) is 0 Å². The van der Waals surface area contributed by atoms with Crippen molar-refractivity contribution in [1.82, 2.24) is 18.8 Å². The van der Waals surface area contributed by atoms with Crippen molar-refractivity contribution in [1.29, 1.82) is 0 Å². The van der Waals surface area contributed by atoms with E-state index >= 15 is 0 Å². The molecule has 6 nitrogen and oxygen atoms in total. The van der Waals surface area contributed by atoms with Crippen LogP contribution in [0.3, 0.4) is 0 Å². The number of hydrogen-bond donors (Lipinski definition) is 1. The quantitative estimate of drug-likeness (QED) is 0.670. The zero-order valence-electron chi connectivity index (χ0n) is 14.0. The highest BCUT2D eigenvalue weighted by molar-refractivity contribution is 7.86. The van der Waals surface area contributed by atoms with Gasteiger partial charge in [-0.05, 0) is 52.9 Å². The van der Waals surface area contributed by atoms with Gasteiger partial charge in [-0.25, -0.2) is 0 Å². The Balaban J connectivity index is 2.64. The lowest BCUT2D eigenvalue weighted by Crippen LogP contribution is -2.49. The molecule has 0 aromatic heterocycles. The van der Waals surface area contributed by atoms with E-state index in [1.807, 2.05) is 33.0 Å². The molecule has 0 spiro atoms. The molecular weight excluding hydrogens is 288 g/mol. The Kier molecular flexibility index (Phi) is 8.12. The van der Waals surface area contributed by atoms with Crippen LogP contribution in [0.1, 0.15) is 26.2 Å². The average molecular weight is 321 g/mol. The molecule has 1 heterocycles. The summed E-state index contributed by atoms with van der Waals surface area (Å²) in [6, 6.07) is 0. The number of nitrogens with zero attached hydrogens (tertiary/aromatic N) is 3. The molecule has 0 radical (unpaired) electrons. The molecule has 21 heavy (non-hydrogen) atoms. The van der Waals surface area contributed by atoms with Crippen LogP contribution in [0.15, 0.2) is 0 Å². The predicted molar refractivity (Wildman–Crippen MR) is 87.6 cm³/mol. The molecule has 1 N–H and O–H groups in total. The van der Waals surface area contributed by atoms with Crippen molar-refractivity contribution in [3.05, 3.63) is 0 Å². The Morgan fingerprint density at radius 1 is 1.14 bits per heavy atom. The van der Waals surface area contributed by atoms with Gasteiger partial charge in [-0.2, -0.15) is 17.0 Å². The highest BCUT2D eigenvalue weighted by Gasteiger charge is 2.32. The van der Waals surface area contributed by atoms with Gasteiger partial charge in [-0.1, -0.05) is 6.92 Å². The summed E-state index contributed by atoms with van der Waals surface area (Å²) in [5, 5.41) is 3.18. The van der Waals surface area contributed by atoms with Crippen LogP contribution >= 0.6 is 0 Å². The number of nitrogens with one attached hydrogen (secondary N) is 1. The molecule has 0 saturated carbocycles. The zero-order valence-corrected chi connectivity index (χ0v) is 14.8. The van der Waals surface area contributed by atoms with Gasteiger partial charge in [0.1, 0.15) is 0 Å². The van der Waals surface area contributed by atoms with E-state index in [0.29, 0.717) is 32.1 Å². The van der Waals surface area contributed by atoms with Crippen LogP contribution in [0, 0.1) is 5.92 Å². The standard InChI is InChI=1S/C14H32N4O2S/c1-5-8-17(12-11-16(3)4)21(19,20)18-9-6-14(7-10-18)13-15-2/h14-15H,5-13H2,1-4H3. The maximum atomic E-state index is 12.8. The van der Waals surface area contributed by atoms with Gasteiger partial charge in [0.05, 0.1) is 0 Å². The Bertz CT molecular complexity index is 378. The molecule has 0 aromatic carbocycles. The summed E-state index contributed by atoms with van der Waals surface area (Å²) in [4.78, 5) is 2.03. The van der Waals surface area contributed by atoms with Gasteiger partial charge >= 0.3 is 0 Å². The Hall–Kier alpha value is -0.210. The topological polar surface area (TPSA) is 55.9 Å². The SMILES string of the molecule is CCCN(CCN(C)C)S(=O)(=O)N1CCC(CNC)CC1. The second kappa shape index (κ2) is 9.05. The monoisotopic (exact) mass is 320 g/mol. The van der Waals surface area contributed by atoms with Gasteiger partial charge < -0.3 is 10.2 Å². The Morgan fingerprint density at radius 2 is 1.76 bits per heavy atom. The van der Waals surface area contributed by atoms with E-state index in [1.54, 1.807) is 8.61 Å².